The number of halogens is 1. The largest absolute Gasteiger partial charge is 0.394 e. The lowest BCUT2D eigenvalue weighted by Gasteiger charge is -2.35. The first-order valence-electron chi connectivity index (χ1n) is 6.31. The summed E-state index contributed by atoms with van der Waals surface area (Å²) in [5, 5.41) is 21.8. The lowest BCUT2D eigenvalue weighted by molar-refractivity contribution is -0.134. The number of hydrogen-bond donors (Lipinski definition) is 3. The Bertz CT molecular complexity index is 474. The smallest absolute Gasteiger partial charge is 0.224 e. The van der Waals surface area contributed by atoms with Crippen LogP contribution in [0.2, 0.25) is 0 Å². The average Bonchev–Trinajstić information content (AvgIpc) is 2.34. The number of aliphatic hydroxyl groups is 2. The zero-order chi connectivity index (χ0) is 14.0. The van der Waals surface area contributed by atoms with Gasteiger partial charge >= 0.3 is 0 Å². The van der Waals surface area contributed by atoms with Crippen LogP contribution in [0.3, 0.4) is 0 Å². The number of amides is 1. The molecule has 1 saturated carbocycles. The second-order valence-electron chi connectivity index (χ2n) is 5.31. The summed E-state index contributed by atoms with van der Waals surface area (Å²) in [6, 6.07) is 7.51. The molecule has 0 saturated heterocycles. The Hall–Kier alpha value is -0.910. The molecule has 3 N–H and O–H groups in total. The molecule has 1 aliphatic rings. The van der Waals surface area contributed by atoms with Crippen LogP contribution in [0, 0.1) is 5.92 Å². The van der Waals surface area contributed by atoms with Crippen LogP contribution in [0.5, 0.6) is 0 Å². The molecule has 0 aromatic heterocycles. The summed E-state index contributed by atoms with van der Waals surface area (Å²) in [5.41, 5.74) is 0.0408. The predicted octanol–water partition coefficient (Wildman–Crippen LogP) is 1.54. The van der Waals surface area contributed by atoms with Crippen molar-refractivity contribution in [2.75, 3.05) is 6.61 Å². The van der Waals surface area contributed by atoms with Crippen LogP contribution in [0.4, 0.5) is 0 Å². The quantitative estimate of drug-likeness (QED) is 0.785. The highest BCUT2D eigenvalue weighted by Gasteiger charge is 2.37. The van der Waals surface area contributed by atoms with Gasteiger partial charge in [-0.3, -0.25) is 4.79 Å². The summed E-state index contributed by atoms with van der Waals surface area (Å²) in [7, 11) is 0. The van der Waals surface area contributed by atoms with Crippen molar-refractivity contribution in [1.29, 1.82) is 0 Å². The molecular weight excluding hydrogens is 310 g/mol. The molecule has 5 heteroatoms. The molecule has 0 aliphatic heterocycles. The summed E-state index contributed by atoms with van der Waals surface area (Å²) < 4.78 is 0.901. The fourth-order valence-corrected chi connectivity index (χ4v) is 2.61. The highest BCUT2D eigenvalue weighted by Crippen LogP contribution is 2.30. The van der Waals surface area contributed by atoms with Gasteiger partial charge in [0.2, 0.25) is 5.91 Å². The maximum Gasteiger partial charge on any atom is 0.224 e. The zero-order valence-electron chi connectivity index (χ0n) is 10.8. The van der Waals surface area contributed by atoms with Crippen LogP contribution in [-0.4, -0.2) is 28.8 Å². The predicted molar refractivity (Wildman–Crippen MR) is 75.5 cm³/mol. The monoisotopic (exact) mass is 327 g/mol. The molecule has 0 radical (unpaired) electrons. The first-order chi connectivity index (χ1) is 8.94. The third kappa shape index (κ3) is 3.16. The molecule has 1 unspecified atom stereocenters. The van der Waals surface area contributed by atoms with Crippen molar-refractivity contribution in [3.63, 3.8) is 0 Å². The number of rotatable bonds is 4. The van der Waals surface area contributed by atoms with Crippen molar-refractivity contribution in [2.45, 2.75) is 31.4 Å². The fraction of sp³-hybridized carbons (Fsp3) is 0.500. The Balaban J connectivity index is 2.11. The SMILES string of the molecule is CC(CO)(NC(=O)C1CC(O)C1)c1cccc(Br)c1. The van der Waals surface area contributed by atoms with E-state index in [1.54, 1.807) is 6.92 Å². The Morgan fingerprint density at radius 2 is 2.21 bits per heavy atom. The Labute approximate surface area is 121 Å². The molecule has 4 nitrogen and oxygen atoms in total. The second-order valence-corrected chi connectivity index (χ2v) is 6.23. The van der Waals surface area contributed by atoms with Crippen LogP contribution < -0.4 is 5.32 Å². The van der Waals surface area contributed by atoms with E-state index in [-0.39, 0.29) is 24.5 Å². The number of carbonyl (C=O) groups is 1. The average molecular weight is 328 g/mol. The van der Waals surface area contributed by atoms with Crippen LogP contribution in [0.1, 0.15) is 25.3 Å². The maximum absolute atomic E-state index is 12.1. The van der Waals surface area contributed by atoms with Crippen LogP contribution in [-0.2, 0) is 10.3 Å². The number of nitrogens with one attached hydrogen (secondary N) is 1. The number of aliphatic hydroxyl groups excluding tert-OH is 2. The van der Waals surface area contributed by atoms with Crippen molar-refractivity contribution >= 4 is 21.8 Å². The fourth-order valence-electron chi connectivity index (χ4n) is 2.21. The summed E-state index contributed by atoms with van der Waals surface area (Å²) in [5.74, 6) is -0.255. The topological polar surface area (TPSA) is 69.6 Å². The molecule has 0 spiro atoms. The number of benzene rings is 1. The van der Waals surface area contributed by atoms with Gasteiger partial charge in [0.15, 0.2) is 0 Å². The van der Waals surface area contributed by atoms with Gasteiger partial charge in [0, 0.05) is 10.4 Å². The van der Waals surface area contributed by atoms with Gasteiger partial charge < -0.3 is 15.5 Å². The van der Waals surface area contributed by atoms with Gasteiger partial charge in [-0.1, -0.05) is 28.1 Å². The van der Waals surface area contributed by atoms with Gasteiger partial charge in [-0.05, 0) is 37.5 Å². The molecule has 1 aliphatic carbocycles. The Morgan fingerprint density at radius 1 is 1.53 bits per heavy atom. The van der Waals surface area contributed by atoms with Crippen LogP contribution in [0.15, 0.2) is 28.7 Å². The van der Waals surface area contributed by atoms with E-state index < -0.39 is 5.54 Å². The first kappa shape index (κ1) is 14.5. The van der Waals surface area contributed by atoms with E-state index in [1.165, 1.54) is 0 Å². The lowest BCUT2D eigenvalue weighted by Crippen LogP contribution is -2.51. The first-order valence-corrected chi connectivity index (χ1v) is 7.11. The zero-order valence-corrected chi connectivity index (χ0v) is 12.4. The maximum atomic E-state index is 12.1. The van der Waals surface area contributed by atoms with Crippen LogP contribution >= 0.6 is 15.9 Å². The lowest BCUT2D eigenvalue weighted by atomic mass is 9.81. The van der Waals surface area contributed by atoms with Crippen molar-refractivity contribution in [1.82, 2.24) is 5.32 Å². The normalized spacial score (nSPS) is 25.3. The number of carbonyl (C=O) groups excluding carboxylic acids is 1. The minimum atomic E-state index is -0.804. The minimum absolute atomic E-state index is 0.109. The van der Waals surface area contributed by atoms with Gasteiger partial charge in [0.05, 0.1) is 18.2 Å². The summed E-state index contributed by atoms with van der Waals surface area (Å²) in [6.45, 7) is 1.62. The minimum Gasteiger partial charge on any atom is -0.394 e. The molecule has 1 aromatic rings. The number of hydrogen-bond acceptors (Lipinski definition) is 3. The van der Waals surface area contributed by atoms with Crippen LogP contribution in [0.25, 0.3) is 0 Å². The molecule has 0 heterocycles. The molecule has 1 atom stereocenters. The van der Waals surface area contributed by atoms with Gasteiger partial charge in [0.25, 0.3) is 0 Å². The Kier molecular flexibility index (Phi) is 4.28. The summed E-state index contributed by atoms with van der Waals surface area (Å²) in [4.78, 5) is 12.1. The van der Waals surface area contributed by atoms with Crippen molar-refractivity contribution in [2.24, 2.45) is 5.92 Å². The van der Waals surface area contributed by atoms with E-state index in [0.29, 0.717) is 12.8 Å². The van der Waals surface area contributed by atoms with E-state index in [9.17, 15) is 15.0 Å². The highest BCUT2D eigenvalue weighted by molar-refractivity contribution is 9.10. The molecule has 19 heavy (non-hydrogen) atoms. The van der Waals surface area contributed by atoms with Gasteiger partial charge in [0.1, 0.15) is 0 Å². The molecule has 0 bridgehead atoms. The third-order valence-corrected chi connectivity index (χ3v) is 4.15. The molecule has 2 rings (SSSR count). The molecule has 1 fully saturated rings. The molecular formula is C14H18BrNO3. The standard InChI is InChI=1S/C14H18BrNO3/c1-14(8-17,10-3-2-4-11(15)7-10)16-13(19)9-5-12(18)6-9/h2-4,7,9,12,17-18H,5-6,8H2,1H3,(H,16,19). The molecule has 1 aromatic carbocycles. The van der Waals surface area contributed by atoms with E-state index in [2.05, 4.69) is 21.2 Å². The van der Waals surface area contributed by atoms with Gasteiger partial charge in [-0.2, -0.15) is 0 Å². The third-order valence-electron chi connectivity index (χ3n) is 3.66. The molecule has 1 amide bonds. The van der Waals surface area contributed by atoms with E-state index in [4.69, 9.17) is 0 Å². The van der Waals surface area contributed by atoms with Gasteiger partial charge in [-0.25, -0.2) is 0 Å². The highest BCUT2D eigenvalue weighted by atomic mass is 79.9. The summed E-state index contributed by atoms with van der Waals surface area (Å²) in [6.07, 6.45) is 0.652. The second kappa shape index (κ2) is 5.61. The van der Waals surface area contributed by atoms with E-state index in [0.717, 1.165) is 10.0 Å². The van der Waals surface area contributed by atoms with E-state index in [1.807, 2.05) is 24.3 Å². The molecule has 104 valence electrons. The van der Waals surface area contributed by atoms with Crippen molar-refractivity contribution in [3.05, 3.63) is 34.3 Å². The van der Waals surface area contributed by atoms with Crippen molar-refractivity contribution in [3.8, 4) is 0 Å². The Morgan fingerprint density at radius 3 is 2.74 bits per heavy atom. The van der Waals surface area contributed by atoms with E-state index >= 15 is 0 Å². The van der Waals surface area contributed by atoms with Crippen molar-refractivity contribution < 1.29 is 15.0 Å². The summed E-state index contributed by atoms with van der Waals surface area (Å²) >= 11 is 3.38. The van der Waals surface area contributed by atoms with Gasteiger partial charge in [-0.15, -0.1) is 0 Å².